The van der Waals surface area contributed by atoms with Gasteiger partial charge >= 0.3 is 0 Å². The zero-order chi connectivity index (χ0) is 22.4. The maximum atomic E-state index is 13.2. The maximum Gasteiger partial charge on any atom is 0.242 e. The van der Waals surface area contributed by atoms with Crippen LogP contribution < -0.4 is 14.8 Å². The number of rotatable bonds is 9. The van der Waals surface area contributed by atoms with Crippen molar-refractivity contribution in [1.29, 1.82) is 0 Å². The summed E-state index contributed by atoms with van der Waals surface area (Å²) in [6, 6.07) is 12.5. The molecule has 0 spiro atoms. The minimum atomic E-state index is -0.600. The van der Waals surface area contributed by atoms with Gasteiger partial charge in [-0.15, -0.1) is 0 Å². The van der Waals surface area contributed by atoms with Crippen molar-refractivity contribution in [3.8, 4) is 11.5 Å². The Hall–Kier alpha value is -2.73. The van der Waals surface area contributed by atoms with E-state index < -0.39 is 6.04 Å². The van der Waals surface area contributed by atoms with Gasteiger partial charge in [0.1, 0.15) is 6.04 Å². The summed E-state index contributed by atoms with van der Waals surface area (Å²) < 4.78 is 10.8. The zero-order valence-corrected chi connectivity index (χ0v) is 18.9. The quantitative estimate of drug-likeness (QED) is 0.625. The van der Waals surface area contributed by atoms with Crippen molar-refractivity contribution in [3.63, 3.8) is 0 Å². The molecule has 0 radical (unpaired) electrons. The number of fused-ring (bicyclic) bond motifs is 1. The molecule has 2 atom stereocenters. The molecule has 2 aromatic carbocycles. The summed E-state index contributed by atoms with van der Waals surface area (Å²) in [6.07, 6.45) is 1.65. The van der Waals surface area contributed by atoms with Crippen molar-refractivity contribution < 1.29 is 19.1 Å². The molecule has 0 saturated heterocycles. The van der Waals surface area contributed by atoms with Crippen molar-refractivity contribution in [3.05, 3.63) is 58.6 Å². The van der Waals surface area contributed by atoms with E-state index in [-0.39, 0.29) is 31.1 Å². The fourth-order valence-electron chi connectivity index (χ4n) is 3.37. The number of hydrogen-bond donors (Lipinski definition) is 1. The van der Waals surface area contributed by atoms with Crippen LogP contribution in [0.15, 0.2) is 42.5 Å². The molecular weight excluding hydrogens is 416 g/mol. The Balaban J connectivity index is 1.72. The lowest BCUT2D eigenvalue weighted by Crippen LogP contribution is -2.49. The summed E-state index contributed by atoms with van der Waals surface area (Å²) in [5.74, 6) is 1.16. The first-order valence-corrected chi connectivity index (χ1v) is 11.0. The summed E-state index contributed by atoms with van der Waals surface area (Å²) in [4.78, 5) is 27.6. The molecule has 1 heterocycles. The number of amides is 2. The number of nitrogens with zero attached hydrogens (tertiary/aromatic N) is 1. The van der Waals surface area contributed by atoms with Crippen molar-refractivity contribution in [2.75, 3.05) is 6.79 Å². The molecule has 1 aliphatic heterocycles. The van der Waals surface area contributed by atoms with E-state index in [1.165, 1.54) is 0 Å². The number of benzene rings is 2. The zero-order valence-electron chi connectivity index (χ0n) is 18.2. The van der Waals surface area contributed by atoms with E-state index in [1.54, 1.807) is 17.9 Å². The van der Waals surface area contributed by atoms with Gasteiger partial charge in [-0.2, -0.15) is 0 Å². The second-order valence-electron chi connectivity index (χ2n) is 7.83. The Labute approximate surface area is 188 Å². The number of nitrogens with one attached hydrogen (secondary N) is 1. The summed E-state index contributed by atoms with van der Waals surface area (Å²) in [5.41, 5.74) is 1.86. The number of carbonyl (C=O) groups is 2. The van der Waals surface area contributed by atoms with Gasteiger partial charge in [0, 0.05) is 24.0 Å². The number of carbonyl (C=O) groups excluding carboxylic acids is 2. The van der Waals surface area contributed by atoms with E-state index in [2.05, 4.69) is 5.32 Å². The standard InChI is InChI=1S/C24H29ClN2O4/c1-4-16(2)26-24(29)17(3)27(14-19-6-5-7-20(25)12-19)23(28)11-9-18-8-10-21-22(13-18)31-15-30-21/h5-8,10,12-13,16-17H,4,9,11,14-15H2,1-3H3,(H,26,29)/t16-,17+/m1/s1. The summed E-state index contributed by atoms with van der Waals surface area (Å²) in [5, 5.41) is 3.57. The van der Waals surface area contributed by atoms with Gasteiger partial charge in [-0.3, -0.25) is 9.59 Å². The van der Waals surface area contributed by atoms with Crippen LogP contribution >= 0.6 is 11.6 Å². The molecule has 1 N–H and O–H groups in total. The van der Waals surface area contributed by atoms with Gasteiger partial charge in [-0.05, 0) is 62.1 Å². The molecule has 166 valence electrons. The number of aryl methyl sites for hydroxylation is 1. The molecule has 0 fully saturated rings. The van der Waals surface area contributed by atoms with Gasteiger partial charge in [0.05, 0.1) is 0 Å². The first-order valence-electron chi connectivity index (χ1n) is 10.6. The van der Waals surface area contributed by atoms with Gasteiger partial charge < -0.3 is 19.7 Å². The number of ether oxygens (including phenoxy) is 2. The monoisotopic (exact) mass is 444 g/mol. The molecule has 0 unspecified atom stereocenters. The van der Waals surface area contributed by atoms with Crippen LogP contribution in [0.1, 0.15) is 44.7 Å². The van der Waals surface area contributed by atoms with Gasteiger partial charge in [0.2, 0.25) is 18.6 Å². The Morgan fingerprint density at radius 2 is 1.87 bits per heavy atom. The topological polar surface area (TPSA) is 67.9 Å². The Morgan fingerprint density at radius 3 is 2.61 bits per heavy atom. The Morgan fingerprint density at radius 1 is 1.10 bits per heavy atom. The molecule has 0 bridgehead atoms. The summed E-state index contributed by atoms with van der Waals surface area (Å²) in [6.45, 7) is 6.26. The van der Waals surface area contributed by atoms with Crippen LogP contribution in [-0.4, -0.2) is 35.6 Å². The molecule has 3 rings (SSSR count). The van der Waals surface area contributed by atoms with Gasteiger partial charge in [-0.25, -0.2) is 0 Å². The van der Waals surface area contributed by atoms with Crippen LogP contribution in [0, 0.1) is 0 Å². The molecule has 0 saturated carbocycles. The molecule has 2 aromatic rings. The molecular formula is C24H29ClN2O4. The second-order valence-corrected chi connectivity index (χ2v) is 8.27. The molecule has 6 nitrogen and oxygen atoms in total. The van der Waals surface area contributed by atoms with Gasteiger partial charge in [0.15, 0.2) is 11.5 Å². The third-order valence-electron chi connectivity index (χ3n) is 5.47. The minimum absolute atomic E-state index is 0.0479. The number of hydrogen-bond acceptors (Lipinski definition) is 4. The highest BCUT2D eigenvalue weighted by Crippen LogP contribution is 2.32. The van der Waals surface area contributed by atoms with E-state index in [4.69, 9.17) is 21.1 Å². The third kappa shape index (κ3) is 6.14. The Kier molecular flexibility index (Phi) is 7.80. The SMILES string of the molecule is CC[C@@H](C)NC(=O)[C@H](C)N(Cc1cccc(Cl)c1)C(=O)CCc1ccc2c(c1)OCO2. The minimum Gasteiger partial charge on any atom is -0.454 e. The predicted molar refractivity (Wildman–Crippen MR) is 120 cm³/mol. The average Bonchev–Trinajstić information content (AvgIpc) is 3.23. The maximum absolute atomic E-state index is 13.2. The second kappa shape index (κ2) is 10.5. The molecule has 2 amide bonds. The van der Waals surface area contributed by atoms with E-state index in [0.29, 0.717) is 29.5 Å². The van der Waals surface area contributed by atoms with Crippen LogP contribution in [0.3, 0.4) is 0 Å². The molecule has 31 heavy (non-hydrogen) atoms. The van der Waals surface area contributed by atoms with Crippen LogP contribution in [-0.2, 0) is 22.6 Å². The van der Waals surface area contributed by atoms with Gasteiger partial charge in [0.25, 0.3) is 0 Å². The average molecular weight is 445 g/mol. The highest BCUT2D eigenvalue weighted by molar-refractivity contribution is 6.30. The van der Waals surface area contributed by atoms with Crippen LogP contribution in [0.4, 0.5) is 0 Å². The molecule has 7 heteroatoms. The summed E-state index contributed by atoms with van der Waals surface area (Å²) in [7, 11) is 0. The predicted octanol–water partition coefficient (Wildman–Crippen LogP) is 4.33. The fraction of sp³-hybridized carbons (Fsp3) is 0.417. The van der Waals surface area contributed by atoms with E-state index in [1.807, 2.05) is 50.2 Å². The number of halogens is 1. The normalized spacial score (nSPS) is 14.1. The molecule has 1 aliphatic rings. The van der Waals surface area contributed by atoms with Crippen molar-refractivity contribution in [2.24, 2.45) is 0 Å². The van der Waals surface area contributed by atoms with Gasteiger partial charge in [-0.1, -0.05) is 36.7 Å². The van der Waals surface area contributed by atoms with E-state index in [0.717, 1.165) is 17.5 Å². The summed E-state index contributed by atoms with van der Waals surface area (Å²) >= 11 is 6.12. The molecule has 0 aromatic heterocycles. The first-order chi connectivity index (χ1) is 14.9. The third-order valence-corrected chi connectivity index (χ3v) is 5.71. The van der Waals surface area contributed by atoms with Crippen LogP contribution in [0.2, 0.25) is 5.02 Å². The van der Waals surface area contributed by atoms with Crippen LogP contribution in [0.25, 0.3) is 0 Å². The fourth-order valence-corrected chi connectivity index (χ4v) is 3.58. The largest absolute Gasteiger partial charge is 0.454 e. The van der Waals surface area contributed by atoms with Crippen molar-refractivity contribution in [2.45, 2.75) is 58.7 Å². The molecule has 0 aliphatic carbocycles. The smallest absolute Gasteiger partial charge is 0.242 e. The lowest BCUT2D eigenvalue weighted by molar-refractivity contribution is -0.140. The first kappa shape index (κ1) is 22.9. The van der Waals surface area contributed by atoms with Crippen molar-refractivity contribution in [1.82, 2.24) is 10.2 Å². The van der Waals surface area contributed by atoms with E-state index in [9.17, 15) is 9.59 Å². The van der Waals surface area contributed by atoms with E-state index >= 15 is 0 Å². The highest BCUT2D eigenvalue weighted by atomic mass is 35.5. The lowest BCUT2D eigenvalue weighted by atomic mass is 10.1. The Bertz CT molecular complexity index is 934. The van der Waals surface area contributed by atoms with Crippen LogP contribution in [0.5, 0.6) is 11.5 Å². The van der Waals surface area contributed by atoms with Crippen molar-refractivity contribution >= 4 is 23.4 Å². The lowest BCUT2D eigenvalue weighted by Gasteiger charge is -2.30. The highest BCUT2D eigenvalue weighted by Gasteiger charge is 2.26.